The highest BCUT2D eigenvalue weighted by Gasteiger charge is 2.36. The number of aromatic amines is 1. The Kier molecular flexibility index (Phi) is 7.61. The summed E-state index contributed by atoms with van der Waals surface area (Å²) in [4.78, 5) is 40.6. The molecule has 3 amide bonds. The molecule has 3 aliphatic heterocycles. The number of urea groups is 1. The lowest BCUT2D eigenvalue weighted by Gasteiger charge is -2.41. The molecule has 10 nitrogen and oxygen atoms in total. The fourth-order valence-electron chi connectivity index (χ4n) is 6.21. The molecule has 0 spiro atoms. The van der Waals surface area contributed by atoms with Gasteiger partial charge >= 0.3 is 12.1 Å². The van der Waals surface area contributed by atoms with Gasteiger partial charge in [0.15, 0.2) is 0 Å². The van der Waals surface area contributed by atoms with Crippen LogP contribution in [0.2, 0.25) is 0 Å². The molecule has 2 atom stereocenters. The summed E-state index contributed by atoms with van der Waals surface area (Å²) in [6, 6.07) is 6.24. The molecule has 0 saturated carbocycles. The number of pyridine rings is 1. The number of morpholine rings is 2. The number of aryl methyl sites for hydroxylation is 1. The highest BCUT2D eigenvalue weighted by atomic mass is 16.6. The number of carbonyl (C=O) groups excluding carboxylic acids is 2. The van der Waals surface area contributed by atoms with Gasteiger partial charge in [0.2, 0.25) is 0 Å². The van der Waals surface area contributed by atoms with Crippen molar-refractivity contribution in [2.45, 2.75) is 65.3 Å². The van der Waals surface area contributed by atoms with Gasteiger partial charge in [0, 0.05) is 56.1 Å². The van der Waals surface area contributed by atoms with Gasteiger partial charge in [-0.2, -0.15) is 0 Å². The van der Waals surface area contributed by atoms with Crippen LogP contribution in [0.4, 0.5) is 9.59 Å². The summed E-state index contributed by atoms with van der Waals surface area (Å²) in [5.41, 5.74) is 6.68. The maximum atomic E-state index is 13.6. The maximum absolute atomic E-state index is 13.6. The lowest BCUT2D eigenvalue weighted by molar-refractivity contribution is -0.0335. The molecule has 0 aliphatic carbocycles. The van der Waals surface area contributed by atoms with Crippen molar-refractivity contribution in [3.05, 3.63) is 52.8 Å². The van der Waals surface area contributed by atoms with E-state index in [4.69, 9.17) is 14.2 Å². The minimum atomic E-state index is -0.616. The van der Waals surface area contributed by atoms with Crippen molar-refractivity contribution in [1.82, 2.24) is 24.7 Å². The Hall–Kier alpha value is -3.63. The number of hydrogen-bond donors (Lipinski definition) is 1. The van der Waals surface area contributed by atoms with Crippen molar-refractivity contribution >= 4 is 23.2 Å². The van der Waals surface area contributed by atoms with Gasteiger partial charge < -0.3 is 29.0 Å². The van der Waals surface area contributed by atoms with Crippen LogP contribution < -0.4 is 0 Å². The van der Waals surface area contributed by atoms with Crippen molar-refractivity contribution in [2.75, 3.05) is 46.0 Å². The minimum absolute atomic E-state index is 0.0225. The van der Waals surface area contributed by atoms with Crippen LogP contribution in [0.1, 0.15) is 56.0 Å². The zero-order valence-electron chi connectivity index (χ0n) is 25.2. The van der Waals surface area contributed by atoms with Crippen LogP contribution in [0.25, 0.3) is 22.2 Å². The molecule has 6 rings (SSSR count). The summed E-state index contributed by atoms with van der Waals surface area (Å²) in [5, 5.41) is 1.08. The lowest BCUT2D eigenvalue weighted by atomic mass is 9.87. The number of aromatic nitrogens is 2. The Morgan fingerprint density at radius 2 is 1.90 bits per heavy atom. The molecule has 1 N–H and O–H groups in total. The molecule has 2 saturated heterocycles. The molecule has 0 bridgehead atoms. The molecule has 5 heterocycles. The van der Waals surface area contributed by atoms with Crippen LogP contribution in [0, 0.1) is 6.92 Å². The number of benzene rings is 1. The van der Waals surface area contributed by atoms with Gasteiger partial charge in [0.25, 0.3) is 0 Å². The third kappa shape index (κ3) is 5.70. The Balaban J connectivity index is 1.40. The summed E-state index contributed by atoms with van der Waals surface area (Å²) in [6.45, 7) is 13.8. The van der Waals surface area contributed by atoms with Gasteiger partial charge in [-0.3, -0.25) is 4.90 Å². The number of H-pyrrole nitrogens is 1. The molecule has 10 heteroatoms. The van der Waals surface area contributed by atoms with E-state index in [9.17, 15) is 9.59 Å². The second-order valence-corrected chi connectivity index (χ2v) is 12.6. The zero-order valence-corrected chi connectivity index (χ0v) is 25.2. The summed E-state index contributed by atoms with van der Waals surface area (Å²) in [7, 11) is 0. The van der Waals surface area contributed by atoms with E-state index < -0.39 is 5.60 Å². The minimum Gasteiger partial charge on any atom is -0.444 e. The number of amides is 3. The van der Waals surface area contributed by atoms with Crippen molar-refractivity contribution in [1.29, 1.82) is 0 Å². The van der Waals surface area contributed by atoms with Gasteiger partial charge in [0.05, 0.1) is 32.0 Å². The molecule has 2 unspecified atom stereocenters. The van der Waals surface area contributed by atoms with E-state index in [-0.39, 0.29) is 24.3 Å². The molecule has 3 aliphatic rings. The predicted molar refractivity (Wildman–Crippen MR) is 159 cm³/mol. The standard InChI is InChI=1S/C32H41N5O5/c1-20-15-33-29-25(20)14-24(16-34-29)23-12-22-6-7-35(30(38)36-8-11-41-21(2)17-36)18-27(22)26(13-23)28-19-40-10-9-37(28)31(39)42-32(3,4)5/h12-16,21,28H,6-11,17-19H2,1-5H3,(H,33,34). The molecule has 3 aromatic rings. The largest absolute Gasteiger partial charge is 0.444 e. The molecule has 1 aromatic carbocycles. The van der Waals surface area contributed by atoms with Crippen LogP contribution in [0.5, 0.6) is 0 Å². The molecule has 0 radical (unpaired) electrons. The third-order valence-corrected chi connectivity index (χ3v) is 8.35. The van der Waals surface area contributed by atoms with E-state index in [0.29, 0.717) is 52.5 Å². The van der Waals surface area contributed by atoms with Crippen LogP contribution in [-0.2, 0) is 27.2 Å². The van der Waals surface area contributed by atoms with Crippen LogP contribution >= 0.6 is 0 Å². The Labute approximate surface area is 246 Å². The number of hydrogen-bond acceptors (Lipinski definition) is 6. The summed E-state index contributed by atoms with van der Waals surface area (Å²) < 4.78 is 17.5. The first-order chi connectivity index (χ1) is 20.1. The Morgan fingerprint density at radius 1 is 1.07 bits per heavy atom. The smallest absolute Gasteiger partial charge is 0.410 e. The highest BCUT2D eigenvalue weighted by molar-refractivity contribution is 5.85. The molecule has 42 heavy (non-hydrogen) atoms. The molecule has 2 aromatic heterocycles. The van der Waals surface area contributed by atoms with E-state index in [1.54, 1.807) is 4.90 Å². The van der Waals surface area contributed by atoms with Crippen molar-refractivity contribution in [3.63, 3.8) is 0 Å². The monoisotopic (exact) mass is 575 g/mol. The zero-order chi connectivity index (χ0) is 29.6. The van der Waals surface area contributed by atoms with Crippen molar-refractivity contribution in [2.24, 2.45) is 0 Å². The van der Waals surface area contributed by atoms with E-state index in [1.165, 1.54) is 5.56 Å². The van der Waals surface area contributed by atoms with Crippen LogP contribution in [0.3, 0.4) is 0 Å². The van der Waals surface area contributed by atoms with Crippen molar-refractivity contribution in [3.8, 4) is 11.1 Å². The molecular weight excluding hydrogens is 534 g/mol. The van der Waals surface area contributed by atoms with Gasteiger partial charge in [-0.25, -0.2) is 14.6 Å². The molecule has 224 valence electrons. The fraction of sp³-hybridized carbons (Fsp3) is 0.531. The summed E-state index contributed by atoms with van der Waals surface area (Å²) in [6.07, 6.45) is 4.26. The maximum Gasteiger partial charge on any atom is 0.410 e. The normalized spacial score (nSPS) is 21.4. The van der Waals surface area contributed by atoms with Gasteiger partial charge in [0.1, 0.15) is 11.2 Å². The van der Waals surface area contributed by atoms with Crippen LogP contribution in [0.15, 0.2) is 30.6 Å². The van der Waals surface area contributed by atoms with Crippen molar-refractivity contribution < 1.29 is 23.8 Å². The topological polar surface area (TPSA) is 100 Å². The second kappa shape index (κ2) is 11.2. The average Bonchev–Trinajstić information content (AvgIpc) is 3.34. The Bertz CT molecular complexity index is 1490. The summed E-state index contributed by atoms with van der Waals surface area (Å²) in [5.74, 6) is 0. The SMILES string of the molecule is Cc1c[nH]c2ncc(-c3cc4c(c(C5COCCN5C(=O)OC(C)(C)C)c3)CN(C(=O)N3CCOC(C)C3)CC4)cc12. The number of carbonyl (C=O) groups is 2. The van der Waals surface area contributed by atoms with Gasteiger partial charge in [-0.1, -0.05) is 6.07 Å². The number of rotatable bonds is 2. The Morgan fingerprint density at radius 3 is 2.69 bits per heavy atom. The predicted octanol–water partition coefficient (Wildman–Crippen LogP) is 5.05. The second-order valence-electron chi connectivity index (χ2n) is 12.6. The number of nitrogens with one attached hydrogen (secondary N) is 1. The molecular formula is C32H41N5O5. The number of nitrogens with zero attached hydrogens (tertiary/aromatic N) is 4. The lowest BCUT2D eigenvalue weighted by Crippen LogP contribution is -2.51. The van der Waals surface area contributed by atoms with Crippen LogP contribution in [-0.4, -0.2) is 94.5 Å². The van der Waals surface area contributed by atoms with Gasteiger partial charge in [-0.05, 0) is 81.0 Å². The summed E-state index contributed by atoms with van der Waals surface area (Å²) >= 11 is 0. The first kappa shape index (κ1) is 28.5. The van der Waals surface area contributed by atoms with E-state index in [0.717, 1.165) is 45.3 Å². The quantitative estimate of drug-likeness (QED) is 0.459. The number of ether oxygens (including phenoxy) is 3. The average molecular weight is 576 g/mol. The first-order valence-electron chi connectivity index (χ1n) is 14.9. The molecule has 2 fully saturated rings. The highest BCUT2D eigenvalue weighted by Crippen LogP contribution is 2.37. The van der Waals surface area contributed by atoms with E-state index in [2.05, 4.69) is 35.1 Å². The number of fused-ring (bicyclic) bond motifs is 2. The van der Waals surface area contributed by atoms with E-state index >= 15 is 0 Å². The van der Waals surface area contributed by atoms with Gasteiger partial charge in [-0.15, -0.1) is 0 Å². The fourth-order valence-corrected chi connectivity index (χ4v) is 6.21. The third-order valence-electron chi connectivity index (χ3n) is 8.35. The first-order valence-corrected chi connectivity index (χ1v) is 14.9. The van der Waals surface area contributed by atoms with E-state index in [1.807, 2.05) is 49.9 Å².